The lowest BCUT2D eigenvalue weighted by atomic mass is 9.86. The van der Waals surface area contributed by atoms with Gasteiger partial charge in [0.1, 0.15) is 0 Å². The van der Waals surface area contributed by atoms with Crippen molar-refractivity contribution in [3.05, 3.63) is 74.5 Å². The number of nitrogens with zero attached hydrogens (tertiary/aromatic N) is 1. The molecule has 2 aromatic carbocycles. The minimum atomic E-state index is 0.123. The summed E-state index contributed by atoms with van der Waals surface area (Å²) in [5.41, 5.74) is 4.84. The fourth-order valence-corrected chi connectivity index (χ4v) is 3.74. The number of aryl methyl sites for hydroxylation is 1. The van der Waals surface area contributed by atoms with Gasteiger partial charge in [-0.1, -0.05) is 18.2 Å². The van der Waals surface area contributed by atoms with Crippen LogP contribution in [-0.4, -0.2) is 10.8 Å². The Bertz CT molecular complexity index is 899. The predicted octanol–water partition coefficient (Wildman–Crippen LogP) is 4.95. The number of hydrogen-bond acceptors (Lipinski definition) is 2. The first-order valence-electron chi connectivity index (χ1n) is 7.95. The van der Waals surface area contributed by atoms with Crippen LogP contribution in [0.25, 0.3) is 10.9 Å². The van der Waals surface area contributed by atoms with Crippen molar-refractivity contribution in [1.82, 2.24) is 4.98 Å². The van der Waals surface area contributed by atoms with Crippen molar-refractivity contribution >= 4 is 39.3 Å². The van der Waals surface area contributed by atoms with Gasteiger partial charge in [0.25, 0.3) is 0 Å². The summed E-state index contributed by atoms with van der Waals surface area (Å²) < 4.78 is 1.14. The summed E-state index contributed by atoms with van der Waals surface area (Å²) in [6, 6.07) is 15.8. The molecule has 23 heavy (non-hydrogen) atoms. The first kappa shape index (κ1) is 14.8. The lowest BCUT2D eigenvalue weighted by Crippen LogP contribution is -2.14. The van der Waals surface area contributed by atoms with E-state index in [0.29, 0.717) is 0 Å². The molecule has 0 atom stereocenters. The molecule has 1 aliphatic rings. The van der Waals surface area contributed by atoms with E-state index >= 15 is 0 Å². The number of pyridine rings is 1. The summed E-state index contributed by atoms with van der Waals surface area (Å²) in [6.45, 7) is 0. The van der Waals surface area contributed by atoms with Crippen LogP contribution in [0.1, 0.15) is 40.0 Å². The third-order valence-corrected chi connectivity index (χ3v) is 5.22. The molecule has 2 nitrogen and oxygen atoms in total. The van der Waals surface area contributed by atoms with Crippen molar-refractivity contribution in [1.29, 1.82) is 0 Å². The molecule has 4 rings (SSSR count). The average molecular weight is 413 g/mol. The van der Waals surface area contributed by atoms with Crippen LogP contribution in [0.2, 0.25) is 0 Å². The van der Waals surface area contributed by atoms with Crippen molar-refractivity contribution in [2.45, 2.75) is 25.7 Å². The van der Waals surface area contributed by atoms with Crippen molar-refractivity contribution in [2.75, 3.05) is 0 Å². The Balaban J connectivity index is 1.97. The molecule has 0 saturated carbocycles. The van der Waals surface area contributed by atoms with Gasteiger partial charge in [-0.05, 0) is 84.2 Å². The maximum absolute atomic E-state index is 13.2. The zero-order valence-corrected chi connectivity index (χ0v) is 14.8. The van der Waals surface area contributed by atoms with E-state index in [2.05, 4.69) is 22.6 Å². The van der Waals surface area contributed by atoms with Gasteiger partial charge < -0.3 is 0 Å². The number of carbonyl (C=O) groups excluding carboxylic acids is 1. The predicted molar refractivity (Wildman–Crippen MR) is 101 cm³/mol. The molecule has 0 aliphatic heterocycles. The van der Waals surface area contributed by atoms with E-state index in [4.69, 9.17) is 4.98 Å². The van der Waals surface area contributed by atoms with E-state index in [1.54, 1.807) is 0 Å². The first-order chi connectivity index (χ1) is 11.2. The van der Waals surface area contributed by atoms with E-state index in [1.165, 1.54) is 5.56 Å². The first-order valence-corrected chi connectivity index (χ1v) is 9.02. The highest BCUT2D eigenvalue weighted by molar-refractivity contribution is 14.1. The fraction of sp³-hybridized carbons (Fsp3) is 0.200. The number of rotatable bonds is 2. The SMILES string of the molecule is O=C(c1ccc(I)cc1)c1c2c(nc3ccccc13)CCCC2. The second-order valence-corrected chi connectivity index (χ2v) is 7.22. The Morgan fingerprint density at radius 1 is 0.957 bits per heavy atom. The minimum Gasteiger partial charge on any atom is -0.289 e. The van der Waals surface area contributed by atoms with Gasteiger partial charge in [-0.2, -0.15) is 0 Å². The average Bonchev–Trinajstić information content (AvgIpc) is 2.59. The molecule has 0 radical (unpaired) electrons. The number of benzene rings is 2. The summed E-state index contributed by atoms with van der Waals surface area (Å²) in [6.07, 6.45) is 4.24. The zero-order chi connectivity index (χ0) is 15.8. The molecule has 114 valence electrons. The number of aromatic nitrogens is 1. The maximum Gasteiger partial charge on any atom is 0.194 e. The Morgan fingerprint density at radius 3 is 2.52 bits per heavy atom. The lowest BCUT2D eigenvalue weighted by molar-refractivity contribution is 0.103. The quantitative estimate of drug-likeness (QED) is 0.440. The number of carbonyl (C=O) groups is 1. The molecular weight excluding hydrogens is 397 g/mol. The Labute approximate surface area is 149 Å². The van der Waals surface area contributed by atoms with Crippen LogP contribution >= 0.6 is 22.6 Å². The van der Waals surface area contributed by atoms with E-state index in [0.717, 1.165) is 57.0 Å². The molecule has 1 aromatic heterocycles. The van der Waals surface area contributed by atoms with Gasteiger partial charge in [0, 0.05) is 25.8 Å². The molecule has 0 unspecified atom stereocenters. The molecule has 1 heterocycles. The molecule has 0 fully saturated rings. The third-order valence-electron chi connectivity index (χ3n) is 4.50. The highest BCUT2D eigenvalue weighted by Gasteiger charge is 2.23. The lowest BCUT2D eigenvalue weighted by Gasteiger charge is -2.20. The number of ketones is 1. The van der Waals surface area contributed by atoms with Crippen molar-refractivity contribution in [2.24, 2.45) is 0 Å². The molecule has 0 bridgehead atoms. The molecule has 0 amide bonds. The molecule has 0 spiro atoms. The van der Waals surface area contributed by atoms with Crippen molar-refractivity contribution < 1.29 is 4.79 Å². The number of halogens is 1. The van der Waals surface area contributed by atoms with E-state index in [-0.39, 0.29) is 5.78 Å². The van der Waals surface area contributed by atoms with Gasteiger partial charge in [0.2, 0.25) is 0 Å². The van der Waals surface area contributed by atoms with Crippen LogP contribution in [0.4, 0.5) is 0 Å². The summed E-state index contributed by atoms with van der Waals surface area (Å²) in [5.74, 6) is 0.123. The van der Waals surface area contributed by atoms with Crippen LogP contribution in [0.3, 0.4) is 0 Å². The Hall–Kier alpha value is -1.75. The summed E-state index contributed by atoms with van der Waals surface area (Å²) in [5, 5.41) is 0.983. The molecule has 3 aromatic rings. The van der Waals surface area contributed by atoms with Crippen LogP contribution in [0.5, 0.6) is 0 Å². The smallest absolute Gasteiger partial charge is 0.194 e. The summed E-state index contributed by atoms with van der Waals surface area (Å²) in [7, 11) is 0. The van der Waals surface area contributed by atoms with Crippen LogP contribution in [0.15, 0.2) is 48.5 Å². The van der Waals surface area contributed by atoms with Gasteiger partial charge >= 0.3 is 0 Å². The summed E-state index contributed by atoms with van der Waals surface area (Å²) in [4.78, 5) is 18.0. The monoisotopic (exact) mass is 413 g/mol. The van der Waals surface area contributed by atoms with Gasteiger partial charge in [-0.3, -0.25) is 9.78 Å². The normalized spacial score (nSPS) is 13.8. The van der Waals surface area contributed by atoms with Crippen molar-refractivity contribution in [3.63, 3.8) is 0 Å². The third kappa shape index (κ3) is 2.67. The molecule has 3 heteroatoms. The molecule has 0 saturated heterocycles. The van der Waals surface area contributed by atoms with E-state index in [1.807, 2.05) is 48.5 Å². The largest absolute Gasteiger partial charge is 0.289 e. The van der Waals surface area contributed by atoms with Crippen molar-refractivity contribution in [3.8, 4) is 0 Å². The second-order valence-electron chi connectivity index (χ2n) is 5.97. The Morgan fingerprint density at radius 2 is 1.70 bits per heavy atom. The minimum absolute atomic E-state index is 0.123. The Kier molecular flexibility index (Phi) is 3.89. The number of hydrogen-bond donors (Lipinski definition) is 0. The van der Waals surface area contributed by atoms with Gasteiger partial charge in [0.15, 0.2) is 5.78 Å². The highest BCUT2D eigenvalue weighted by Crippen LogP contribution is 2.31. The number of para-hydroxylation sites is 1. The molecule has 1 aliphatic carbocycles. The van der Waals surface area contributed by atoms with E-state index in [9.17, 15) is 4.79 Å². The highest BCUT2D eigenvalue weighted by atomic mass is 127. The fourth-order valence-electron chi connectivity index (χ4n) is 3.38. The van der Waals surface area contributed by atoms with Crippen LogP contribution < -0.4 is 0 Å². The van der Waals surface area contributed by atoms with Gasteiger partial charge in [0.05, 0.1) is 5.52 Å². The molecular formula is C20H16INO. The van der Waals surface area contributed by atoms with E-state index < -0.39 is 0 Å². The van der Waals surface area contributed by atoms with Crippen LogP contribution in [0, 0.1) is 3.57 Å². The van der Waals surface area contributed by atoms with Crippen LogP contribution in [-0.2, 0) is 12.8 Å². The zero-order valence-electron chi connectivity index (χ0n) is 12.7. The maximum atomic E-state index is 13.2. The second kappa shape index (κ2) is 6.04. The standard InChI is InChI=1S/C20H16INO/c21-14-11-9-13(10-12-14)20(23)19-15-5-1-3-7-17(15)22-18-8-4-2-6-16(18)19/h1,3,5,7,9-12H,2,4,6,8H2. The number of fused-ring (bicyclic) bond motifs is 2. The van der Waals surface area contributed by atoms with Gasteiger partial charge in [-0.25, -0.2) is 0 Å². The topological polar surface area (TPSA) is 30.0 Å². The van der Waals surface area contributed by atoms with Gasteiger partial charge in [-0.15, -0.1) is 0 Å². The molecule has 0 N–H and O–H groups in total. The summed E-state index contributed by atoms with van der Waals surface area (Å²) >= 11 is 2.26.